The Labute approximate surface area is 113 Å². The Morgan fingerprint density at radius 3 is 2.95 bits per heavy atom. The zero-order chi connectivity index (χ0) is 13.5. The molecule has 0 bridgehead atoms. The molecule has 1 aliphatic rings. The molecule has 0 saturated heterocycles. The molecule has 0 N–H and O–H groups in total. The van der Waals surface area contributed by atoms with Gasteiger partial charge in [0.15, 0.2) is 11.5 Å². The van der Waals surface area contributed by atoms with Gasteiger partial charge in [-0.3, -0.25) is 4.40 Å². The van der Waals surface area contributed by atoms with Crippen LogP contribution < -0.4 is 9.47 Å². The molecule has 0 amide bonds. The zero-order valence-corrected chi connectivity index (χ0v) is 10.3. The molecule has 0 fully saturated rings. The lowest BCUT2D eigenvalue weighted by Crippen LogP contribution is -1.92. The van der Waals surface area contributed by atoms with Gasteiger partial charge in [0, 0.05) is 11.8 Å². The SMILES string of the molecule is O=Nc1c(-c2ccc3c(c2)OCO3)nc2ccccn12. The average molecular weight is 267 g/mol. The molecule has 0 radical (unpaired) electrons. The second-order valence-corrected chi connectivity index (χ2v) is 4.37. The van der Waals surface area contributed by atoms with Crippen molar-refractivity contribution in [2.75, 3.05) is 6.79 Å². The first-order valence-electron chi connectivity index (χ1n) is 6.07. The molecule has 2 aromatic heterocycles. The molecular weight excluding hydrogens is 258 g/mol. The second kappa shape index (κ2) is 4.06. The van der Waals surface area contributed by atoms with E-state index in [1.165, 1.54) is 0 Å². The van der Waals surface area contributed by atoms with Crippen LogP contribution in [0.15, 0.2) is 47.8 Å². The lowest BCUT2D eigenvalue weighted by atomic mass is 10.1. The molecule has 98 valence electrons. The van der Waals surface area contributed by atoms with E-state index in [0.29, 0.717) is 22.8 Å². The molecule has 6 nitrogen and oxygen atoms in total. The Kier molecular flexibility index (Phi) is 2.23. The van der Waals surface area contributed by atoms with Gasteiger partial charge in [-0.25, -0.2) is 4.98 Å². The number of rotatable bonds is 2. The van der Waals surface area contributed by atoms with Crippen molar-refractivity contribution in [1.29, 1.82) is 0 Å². The minimum atomic E-state index is 0.211. The van der Waals surface area contributed by atoms with E-state index in [0.717, 1.165) is 5.56 Å². The van der Waals surface area contributed by atoms with E-state index in [1.54, 1.807) is 22.7 Å². The van der Waals surface area contributed by atoms with Crippen molar-refractivity contribution in [2.24, 2.45) is 5.18 Å². The number of imidazole rings is 1. The van der Waals surface area contributed by atoms with Crippen LogP contribution in [0.2, 0.25) is 0 Å². The first-order valence-corrected chi connectivity index (χ1v) is 6.07. The number of benzene rings is 1. The summed E-state index contributed by atoms with van der Waals surface area (Å²) in [6, 6.07) is 11.0. The first-order chi connectivity index (χ1) is 9.86. The zero-order valence-electron chi connectivity index (χ0n) is 10.3. The Morgan fingerprint density at radius 2 is 2.05 bits per heavy atom. The van der Waals surface area contributed by atoms with E-state index in [1.807, 2.05) is 24.3 Å². The van der Waals surface area contributed by atoms with Crippen LogP contribution in [0, 0.1) is 4.91 Å². The summed E-state index contributed by atoms with van der Waals surface area (Å²) in [6.07, 6.45) is 1.76. The Balaban J connectivity index is 1.95. The molecule has 4 rings (SSSR count). The molecule has 0 unspecified atom stereocenters. The number of hydrogen-bond donors (Lipinski definition) is 0. The Bertz CT molecular complexity index is 826. The van der Waals surface area contributed by atoms with Gasteiger partial charge in [-0.2, -0.15) is 0 Å². The van der Waals surface area contributed by atoms with Crippen molar-refractivity contribution < 1.29 is 9.47 Å². The number of aromatic nitrogens is 2. The molecule has 6 heteroatoms. The predicted molar refractivity (Wildman–Crippen MR) is 72.2 cm³/mol. The van der Waals surface area contributed by atoms with Crippen molar-refractivity contribution >= 4 is 11.5 Å². The van der Waals surface area contributed by atoms with Crippen LogP contribution in [0.25, 0.3) is 16.9 Å². The molecule has 0 saturated carbocycles. The predicted octanol–water partition coefficient (Wildman–Crippen LogP) is 3.13. The van der Waals surface area contributed by atoms with E-state index in [9.17, 15) is 4.91 Å². The fourth-order valence-corrected chi connectivity index (χ4v) is 2.31. The molecule has 0 spiro atoms. The lowest BCUT2D eigenvalue weighted by molar-refractivity contribution is 0.174. The highest BCUT2D eigenvalue weighted by molar-refractivity contribution is 5.76. The third-order valence-electron chi connectivity index (χ3n) is 3.24. The van der Waals surface area contributed by atoms with Gasteiger partial charge in [0.2, 0.25) is 12.6 Å². The van der Waals surface area contributed by atoms with Gasteiger partial charge in [0.1, 0.15) is 11.3 Å². The van der Waals surface area contributed by atoms with Crippen molar-refractivity contribution in [1.82, 2.24) is 9.38 Å². The molecule has 3 heterocycles. The summed E-state index contributed by atoms with van der Waals surface area (Å²) in [7, 11) is 0. The van der Waals surface area contributed by atoms with Gasteiger partial charge in [-0.05, 0) is 35.5 Å². The fraction of sp³-hybridized carbons (Fsp3) is 0.0714. The van der Waals surface area contributed by atoms with Crippen molar-refractivity contribution in [3.63, 3.8) is 0 Å². The van der Waals surface area contributed by atoms with E-state index in [2.05, 4.69) is 10.2 Å². The second-order valence-electron chi connectivity index (χ2n) is 4.37. The number of nitrogens with zero attached hydrogens (tertiary/aromatic N) is 3. The monoisotopic (exact) mass is 267 g/mol. The summed E-state index contributed by atoms with van der Waals surface area (Å²) in [5.41, 5.74) is 1.98. The number of hydrogen-bond acceptors (Lipinski definition) is 5. The number of fused-ring (bicyclic) bond motifs is 2. The standard InChI is InChI=1S/C14H9N3O3/c18-16-14-13(15-12-3-1-2-6-17(12)14)9-4-5-10-11(7-9)20-8-19-10/h1-7H,8H2. The molecule has 1 aromatic carbocycles. The van der Waals surface area contributed by atoms with E-state index >= 15 is 0 Å². The van der Waals surface area contributed by atoms with Gasteiger partial charge >= 0.3 is 0 Å². The summed E-state index contributed by atoms with van der Waals surface area (Å²) < 4.78 is 12.3. The Morgan fingerprint density at radius 1 is 1.15 bits per heavy atom. The topological polar surface area (TPSA) is 65.2 Å². The van der Waals surface area contributed by atoms with Gasteiger partial charge < -0.3 is 9.47 Å². The van der Waals surface area contributed by atoms with E-state index < -0.39 is 0 Å². The smallest absolute Gasteiger partial charge is 0.231 e. The highest BCUT2D eigenvalue weighted by Crippen LogP contribution is 2.38. The van der Waals surface area contributed by atoms with E-state index in [4.69, 9.17) is 9.47 Å². The van der Waals surface area contributed by atoms with Gasteiger partial charge in [0.05, 0.1) is 0 Å². The quantitative estimate of drug-likeness (QED) is 0.669. The largest absolute Gasteiger partial charge is 0.454 e. The average Bonchev–Trinajstić information content (AvgIpc) is 3.10. The fourth-order valence-electron chi connectivity index (χ4n) is 2.31. The van der Waals surface area contributed by atoms with Gasteiger partial charge in [-0.15, -0.1) is 4.91 Å². The number of pyridine rings is 1. The van der Waals surface area contributed by atoms with Crippen molar-refractivity contribution in [3.8, 4) is 22.8 Å². The van der Waals surface area contributed by atoms with Crippen LogP contribution in [0.5, 0.6) is 11.5 Å². The molecule has 20 heavy (non-hydrogen) atoms. The molecule has 0 aliphatic carbocycles. The summed E-state index contributed by atoms with van der Waals surface area (Å²) in [5.74, 6) is 1.62. The van der Waals surface area contributed by atoms with Crippen LogP contribution in [0.4, 0.5) is 5.82 Å². The highest BCUT2D eigenvalue weighted by Gasteiger charge is 2.19. The lowest BCUT2D eigenvalue weighted by Gasteiger charge is -2.00. The van der Waals surface area contributed by atoms with Gasteiger partial charge in [-0.1, -0.05) is 6.07 Å². The maximum Gasteiger partial charge on any atom is 0.231 e. The van der Waals surface area contributed by atoms with Crippen LogP contribution >= 0.6 is 0 Å². The first kappa shape index (κ1) is 11.0. The van der Waals surface area contributed by atoms with E-state index in [-0.39, 0.29) is 12.6 Å². The normalized spacial score (nSPS) is 12.8. The molecule has 0 atom stereocenters. The third kappa shape index (κ3) is 1.48. The maximum absolute atomic E-state index is 11.1. The Hall–Kier alpha value is -2.89. The van der Waals surface area contributed by atoms with Crippen molar-refractivity contribution in [3.05, 3.63) is 47.5 Å². The molecule has 1 aliphatic heterocycles. The molecular formula is C14H9N3O3. The highest BCUT2D eigenvalue weighted by atomic mass is 16.7. The van der Waals surface area contributed by atoms with Crippen LogP contribution in [-0.4, -0.2) is 16.2 Å². The molecule has 3 aromatic rings. The minimum Gasteiger partial charge on any atom is -0.454 e. The summed E-state index contributed by atoms with van der Waals surface area (Å²) in [4.78, 5) is 15.6. The summed E-state index contributed by atoms with van der Waals surface area (Å²) in [5, 5.41) is 3.11. The minimum absolute atomic E-state index is 0.211. The summed E-state index contributed by atoms with van der Waals surface area (Å²) in [6.45, 7) is 0.211. The van der Waals surface area contributed by atoms with Crippen LogP contribution in [-0.2, 0) is 0 Å². The van der Waals surface area contributed by atoms with Crippen molar-refractivity contribution in [2.45, 2.75) is 0 Å². The number of ether oxygens (including phenoxy) is 2. The van der Waals surface area contributed by atoms with Crippen LogP contribution in [0.3, 0.4) is 0 Å². The third-order valence-corrected chi connectivity index (χ3v) is 3.24. The summed E-state index contributed by atoms with van der Waals surface area (Å²) >= 11 is 0. The van der Waals surface area contributed by atoms with Crippen LogP contribution in [0.1, 0.15) is 0 Å². The number of nitroso groups, excluding NO2 is 1. The van der Waals surface area contributed by atoms with Gasteiger partial charge in [0.25, 0.3) is 0 Å². The maximum atomic E-state index is 11.1.